The fourth-order valence-corrected chi connectivity index (χ4v) is 7.73. The first-order valence-corrected chi connectivity index (χ1v) is 28.1. The van der Waals surface area contributed by atoms with Gasteiger partial charge >= 0.3 is 5.97 Å². The quantitative estimate of drug-likeness (QED) is 0.0161. The molecule has 0 saturated carbocycles. The number of rotatable bonds is 46. The van der Waals surface area contributed by atoms with E-state index in [1.165, 1.54) is 70.6 Å². The molecule has 0 aromatic rings. The molecule has 0 bridgehead atoms. The summed E-state index contributed by atoms with van der Waals surface area (Å²) < 4.78 is 30.1. The number of unbranched alkanes of at least 4 members (excludes halogenated alkanes) is 21. The van der Waals surface area contributed by atoms with Gasteiger partial charge < -0.3 is 28.5 Å². The van der Waals surface area contributed by atoms with Gasteiger partial charge in [0, 0.05) is 12.8 Å². The lowest BCUT2D eigenvalue weighted by Gasteiger charge is -2.30. The number of esters is 1. The third-order valence-electron chi connectivity index (χ3n) is 11.2. The van der Waals surface area contributed by atoms with Gasteiger partial charge in [-0.15, -0.1) is 0 Å². The summed E-state index contributed by atoms with van der Waals surface area (Å²) in [4.78, 5) is 39.7. The number of ether oxygens (including phenoxy) is 1. The molecule has 0 spiro atoms. The molecule has 0 aliphatic heterocycles. The number of carbonyl (C=O) groups is 2. The molecule has 1 N–H and O–H groups in total. The van der Waals surface area contributed by atoms with E-state index in [0.29, 0.717) is 23.9 Å². The van der Waals surface area contributed by atoms with Gasteiger partial charge in [-0.3, -0.25) is 14.2 Å². The smallest absolute Gasteiger partial charge is 0.306 e. The highest BCUT2D eigenvalue weighted by molar-refractivity contribution is 7.45. The van der Waals surface area contributed by atoms with Gasteiger partial charge in [-0.05, 0) is 70.3 Å². The topological polar surface area (TPSA) is 114 Å². The summed E-state index contributed by atoms with van der Waals surface area (Å²) in [6.07, 6.45) is 60.9. The van der Waals surface area contributed by atoms with Crippen molar-refractivity contribution in [1.29, 1.82) is 0 Å². The van der Waals surface area contributed by atoms with Gasteiger partial charge in [0.25, 0.3) is 7.82 Å². The lowest BCUT2D eigenvalue weighted by Crippen LogP contribution is -2.47. The third kappa shape index (κ3) is 47.8. The van der Waals surface area contributed by atoms with Crippen molar-refractivity contribution in [3.8, 4) is 0 Å². The van der Waals surface area contributed by atoms with Gasteiger partial charge in [-0.2, -0.15) is 0 Å². The lowest BCUT2D eigenvalue weighted by atomic mass is 10.0. The van der Waals surface area contributed by atoms with Crippen molar-refractivity contribution in [3.63, 3.8) is 0 Å². The van der Waals surface area contributed by atoms with Crippen LogP contribution >= 0.6 is 7.82 Å². The Labute approximate surface area is 411 Å². The van der Waals surface area contributed by atoms with E-state index < -0.39 is 26.6 Å². The second kappa shape index (κ2) is 46.6. The fourth-order valence-electron chi connectivity index (χ4n) is 7.00. The third-order valence-corrected chi connectivity index (χ3v) is 12.1. The maximum Gasteiger partial charge on any atom is 0.306 e. The number of nitrogens with zero attached hydrogens (tertiary/aromatic N) is 1. The highest BCUT2D eigenvalue weighted by Gasteiger charge is 2.27. The zero-order valence-electron chi connectivity index (χ0n) is 43.6. The number of allylic oxidation sites excluding steroid dienone is 15. The van der Waals surface area contributed by atoms with Crippen LogP contribution in [0.25, 0.3) is 0 Å². The van der Waals surface area contributed by atoms with Gasteiger partial charge in [-0.25, -0.2) is 0 Å². The average molecular weight is 955 g/mol. The largest absolute Gasteiger partial charge is 0.756 e. The molecule has 0 aliphatic rings. The van der Waals surface area contributed by atoms with E-state index in [2.05, 4.69) is 50.4 Å². The number of hydrogen-bond acceptors (Lipinski definition) is 7. The fraction of sp³-hybridized carbons (Fsp3) is 0.684. The van der Waals surface area contributed by atoms with Gasteiger partial charge in [0.15, 0.2) is 0 Å². The van der Waals surface area contributed by atoms with Crippen LogP contribution in [0.2, 0.25) is 0 Å². The molecule has 0 saturated heterocycles. The number of quaternary nitrogens is 1. The summed E-state index contributed by atoms with van der Waals surface area (Å²) in [6, 6.07) is -0.918. The summed E-state index contributed by atoms with van der Waals surface area (Å²) in [7, 11) is 1.13. The molecule has 0 aliphatic carbocycles. The predicted molar refractivity (Wildman–Crippen MR) is 284 cm³/mol. The Morgan fingerprint density at radius 2 is 0.985 bits per heavy atom. The molecule has 3 unspecified atom stereocenters. The van der Waals surface area contributed by atoms with E-state index in [-0.39, 0.29) is 31.3 Å². The van der Waals surface area contributed by atoms with Gasteiger partial charge in [-0.1, -0.05) is 215 Å². The normalized spacial score (nSPS) is 14.7. The van der Waals surface area contributed by atoms with Crippen LogP contribution in [0.5, 0.6) is 0 Å². The van der Waals surface area contributed by atoms with Crippen LogP contribution in [0, 0.1) is 0 Å². The molecule has 0 heterocycles. The van der Waals surface area contributed by atoms with Crippen molar-refractivity contribution in [3.05, 3.63) is 97.2 Å². The Morgan fingerprint density at radius 1 is 0.537 bits per heavy atom. The molecule has 0 rings (SSSR count). The van der Waals surface area contributed by atoms with Crippen molar-refractivity contribution in [1.82, 2.24) is 5.32 Å². The first-order chi connectivity index (χ1) is 32.4. The number of likely N-dealkylation sites (N-methyl/N-ethyl adjacent to an activating group) is 1. The maximum absolute atomic E-state index is 13.4. The monoisotopic (exact) mass is 955 g/mol. The Balaban J connectivity index is 5.53. The Morgan fingerprint density at radius 3 is 1.54 bits per heavy atom. The molecule has 0 aromatic heterocycles. The van der Waals surface area contributed by atoms with Crippen LogP contribution in [0.4, 0.5) is 0 Å². The second-order valence-corrected chi connectivity index (χ2v) is 20.2. The molecule has 3 atom stereocenters. The van der Waals surface area contributed by atoms with Crippen LogP contribution in [-0.4, -0.2) is 69.4 Å². The van der Waals surface area contributed by atoms with Crippen LogP contribution < -0.4 is 10.2 Å². The van der Waals surface area contributed by atoms with Gasteiger partial charge in [0.2, 0.25) is 5.91 Å². The second-order valence-electron chi connectivity index (χ2n) is 18.8. The number of phosphoric acid groups is 1. The minimum atomic E-state index is -4.71. The highest BCUT2D eigenvalue weighted by atomic mass is 31.2. The first-order valence-electron chi connectivity index (χ1n) is 26.6. The summed E-state index contributed by atoms with van der Waals surface area (Å²) >= 11 is 0. The zero-order valence-corrected chi connectivity index (χ0v) is 44.5. The number of carbonyl (C=O) groups excluding carboxylic acids is 2. The van der Waals surface area contributed by atoms with E-state index in [1.54, 1.807) is 0 Å². The van der Waals surface area contributed by atoms with Crippen molar-refractivity contribution >= 4 is 19.7 Å². The van der Waals surface area contributed by atoms with Crippen LogP contribution in [0.1, 0.15) is 201 Å². The van der Waals surface area contributed by atoms with Crippen molar-refractivity contribution in [2.45, 2.75) is 213 Å². The first kappa shape index (κ1) is 63.9. The minimum absolute atomic E-state index is 0.0377. The van der Waals surface area contributed by atoms with Crippen molar-refractivity contribution in [2.75, 3.05) is 40.9 Å². The lowest BCUT2D eigenvalue weighted by molar-refractivity contribution is -0.870. The predicted octanol–water partition coefficient (Wildman–Crippen LogP) is 15.0. The zero-order chi connectivity index (χ0) is 49.4. The van der Waals surface area contributed by atoms with Crippen molar-refractivity contribution < 1.29 is 37.3 Å². The summed E-state index contributed by atoms with van der Waals surface area (Å²) in [5.41, 5.74) is 0. The number of nitrogens with one attached hydrogen (secondary N) is 1. The Hall–Kier alpha value is -3.07. The molecule has 0 radical (unpaired) electrons. The Bertz CT molecular complexity index is 1470. The minimum Gasteiger partial charge on any atom is -0.756 e. The van der Waals surface area contributed by atoms with Crippen molar-refractivity contribution in [2.24, 2.45) is 0 Å². The summed E-state index contributed by atoms with van der Waals surface area (Å²) in [5.74, 6) is -0.612. The maximum atomic E-state index is 13.4. The van der Waals surface area contributed by atoms with E-state index in [4.69, 9.17) is 13.8 Å². The standard InChI is InChI=1S/C57H99N2O7P/c1-7-10-13-16-19-22-25-27-28-29-30-32-35-37-40-43-46-49-56(60)58-54(53-65-67(62,63)64-52-51-59(4,5)6)55(48-45-42-39-36-34-31-26-23-20-17-14-11-8-2)66-57(61)50-47-44-41-38-33-24-21-18-15-12-9-3/h10,13,16,18-19,21-22,25,27-30,32,35,45,48,54-55H,7-9,11-12,14-15,17,20,23-24,26,31,33-34,36-44,46-47,49-53H2,1-6H3,(H-,58,60,62,63)/b13-10-,19-16+,21-18-,25-22+,28-27-,30-29+,35-32+,48-45+. The molecule has 10 heteroatoms. The van der Waals surface area contributed by atoms with E-state index in [1.807, 2.05) is 94.1 Å². The van der Waals surface area contributed by atoms with E-state index in [0.717, 1.165) is 83.5 Å². The molecule has 1 amide bonds. The average Bonchev–Trinajstić information content (AvgIpc) is 3.28. The number of hydrogen-bond donors (Lipinski definition) is 1. The molecule has 9 nitrogen and oxygen atoms in total. The molecular formula is C57H99N2O7P. The van der Waals surface area contributed by atoms with Crippen LogP contribution in [0.3, 0.4) is 0 Å². The van der Waals surface area contributed by atoms with Gasteiger partial charge in [0.05, 0.1) is 33.8 Å². The van der Waals surface area contributed by atoms with Crippen LogP contribution in [0.15, 0.2) is 97.2 Å². The molecule has 384 valence electrons. The molecular weight excluding hydrogens is 856 g/mol. The SMILES string of the molecule is CC\C=C/C=C/C=C/C=C\C=C\C=C\CCCCCC(=O)NC(COP(=O)([O-])OCC[N+](C)(C)C)C(/C=C/CCCCCCCCCCCCC)OC(=O)CCCCCCC/C=C\CCCC. The highest BCUT2D eigenvalue weighted by Crippen LogP contribution is 2.38. The summed E-state index contributed by atoms with van der Waals surface area (Å²) in [6.45, 7) is 6.58. The van der Waals surface area contributed by atoms with Gasteiger partial charge in [0.1, 0.15) is 19.3 Å². The summed E-state index contributed by atoms with van der Waals surface area (Å²) in [5, 5.41) is 2.98. The van der Waals surface area contributed by atoms with E-state index >= 15 is 0 Å². The molecule has 0 fully saturated rings. The molecule has 0 aromatic carbocycles. The number of amides is 1. The molecule has 67 heavy (non-hydrogen) atoms. The number of phosphoric ester groups is 1. The van der Waals surface area contributed by atoms with E-state index in [9.17, 15) is 19.0 Å². The van der Waals surface area contributed by atoms with Crippen LogP contribution in [-0.2, 0) is 27.9 Å². The Kier molecular flexibility index (Phi) is 44.5.